The van der Waals surface area contributed by atoms with Gasteiger partial charge in [-0.3, -0.25) is 0 Å². The number of thiazole rings is 1. The summed E-state index contributed by atoms with van der Waals surface area (Å²) in [4.78, 5) is 6.02. The molecule has 92 valence electrons. The zero-order valence-corrected chi connectivity index (χ0v) is 11.7. The molecule has 1 aromatic heterocycles. The van der Waals surface area contributed by atoms with E-state index in [2.05, 4.69) is 27.7 Å². The first-order valence-corrected chi connectivity index (χ1v) is 7.02. The van der Waals surface area contributed by atoms with E-state index in [9.17, 15) is 0 Å². The predicted molar refractivity (Wildman–Crippen MR) is 71.7 cm³/mol. The number of hydrogen-bond donors (Lipinski definition) is 1. The predicted octanol–water partition coefficient (Wildman–Crippen LogP) is 3.39. The van der Waals surface area contributed by atoms with Gasteiger partial charge in [-0.15, -0.1) is 11.3 Å². The van der Waals surface area contributed by atoms with E-state index < -0.39 is 0 Å². The van der Waals surface area contributed by atoms with Gasteiger partial charge in [0.2, 0.25) is 0 Å². The number of nitrogens with zero attached hydrogens (tertiary/aromatic N) is 1. The number of nitrogens with two attached hydrogens (primary N) is 1. The average Bonchev–Trinajstić information content (AvgIpc) is 2.56. The molecule has 0 spiro atoms. The highest BCUT2D eigenvalue weighted by Crippen LogP contribution is 2.22. The van der Waals surface area contributed by atoms with E-state index in [1.807, 2.05) is 11.3 Å². The Bertz CT molecular complexity index is 316. The Kier molecular flexibility index (Phi) is 5.42. The maximum atomic E-state index is 5.77. The fourth-order valence-electron chi connectivity index (χ4n) is 1.66. The first-order valence-electron chi connectivity index (χ1n) is 6.20. The highest BCUT2D eigenvalue weighted by Gasteiger charge is 2.11. The normalized spacial score (nSPS) is 11.7. The summed E-state index contributed by atoms with van der Waals surface area (Å²) in [7, 11) is 0. The summed E-state index contributed by atoms with van der Waals surface area (Å²) in [6.45, 7) is 9.61. The Morgan fingerprint density at radius 2 is 1.88 bits per heavy atom. The lowest BCUT2D eigenvalue weighted by molar-refractivity contribution is 0.582. The zero-order chi connectivity index (χ0) is 12.1. The van der Waals surface area contributed by atoms with Crippen LogP contribution < -0.4 is 5.73 Å². The molecule has 2 N–H and O–H groups in total. The standard InChI is InChI=1S/C13H24N2S/c1-9(2)5-6-13-15-11(7-10(3)4)12(8-14)16-13/h9-10H,5-8,14H2,1-4H3. The van der Waals surface area contributed by atoms with Crippen LogP contribution in [0.2, 0.25) is 0 Å². The molecule has 16 heavy (non-hydrogen) atoms. The maximum Gasteiger partial charge on any atom is 0.0931 e. The molecule has 2 nitrogen and oxygen atoms in total. The van der Waals surface area contributed by atoms with Crippen molar-refractivity contribution in [2.24, 2.45) is 17.6 Å². The molecule has 1 heterocycles. The van der Waals surface area contributed by atoms with Gasteiger partial charge in [0.25, 0.3) is 0 Å². The van der Waals surface area contributed by atoms with Crippen molar-refractivity contribution in [3.63, 3.8) is 0 Å². The summed E-state index contributed by atoms with van der Waals surface area (Å²) in [5, 5.41) is 1.27. The molecule has 0 saturated heterocycles. The fraction of sp³-hybridized carbons (Fsp3) is 0.769. The molecule has 0 atom stereocenters. The van der Waals surface area contributed by atoms with E-state index >= 15 is 0 Å². The van der Waals surface area contributed by atoms with Crippen molar-refractivity contribution < 1.29 is 0 Å². The van der Waals surface area contributed by atoms with Crippen molar-refractivity contribution in [1.29, 1.82) is 0 Å². The van der Waals surface area contributed by atoms with Crippen LogP contribution in [0.15, 0.2) is 0 Å². The second-order valence-corrected chi connectivity index (χ2v) is 6.38. The zero-order valence-electron chi connectivity index (χ0n) is 10.9. The van der Waals surface area contributed by atoms with Crippen LogP contribution in [-0.2, 0) is 19.4 Å². The molecule has 0 unspecified atom stereocenters. The van der Waals surface area contributed by atoms with Crippen molar-refractivity contribution in [2.45, 2.75) is 53.5 Å². The van der Waals surface area contributed by atoms with Crippen molar-refractivity contribution >= 4 is 11.3 Å². The Hall–Kier alpha value is -0.410. The summed E-state index contributed by atoms with van der Waals surface area (Å²) in [6, 6.07) is 0. The number of hydrogen-bond acceptors (Lipinski definition) is 3. The van der Waals surface area contributed by atoms with Gasteiger partial charge in [0, 0.05) is 11.4 Å². The van der Waals surface area contributed by atoms with Crippen molar-refractivity contribution in [3.05, 3.63) is 15.6 Å². The van der Waals surface area contributed by atoms with Gasteiger partial charge in [-0.2, -0.15) is 0 Å². The molecule has 0 aromatic carbocycles. The van der Waals surface area contributed by atoms with Crippen molar-refractivity contribution in [2.75, 3.05) is 0 Å². The molecule has 1 aromatic rings. The molecule has 0 aliphatic heterocycles. The van der Waals surface area contributed by atoms with E-state index in [1.165, 1.54) is 22.0 Å². The third kappa shape index (κ3) is 4.22. The van der Waals surface area contributed by atoms with Gasteiger partial charge in [-0.1, -0.05) is 27.7 Å². The van der Waals surface area contributed by atoms with Gasteiger partial charge in [-0.05, 0) is 31.1 Å². The third-order valence-corrected chi connectivity index (χ3v) is 3.72. The Balaban J connectivity index is 2.69. The second kappa shape index (κ2) is 6.36. The Labute approximate surface area is 103 Å². The van der Waals surface area contributed by atoms with Crippen LogP contribution in [0.4, 0.5) is 0 Å². The second-order valence-electron chi connectivity index (χ2n) is 5.21. The van der Waals surface area contributed by atoms with Crippen LogP contribution in [-0.4, -0.2) is 4.98 Å². The van der Waals surface area contributed by atoms with Gasteiger partial charge in [-0.25, -0.2) is 4.98 Å². The fourth-order valence-corrected chi connectivity index (χ4v) is 2.65. The molecule has 3 heteroatoms. The minimum Gasteiger partial charge on any atom is -0.326 e. The Morgan fingerprint density at radius 3 is 2.38 bits per heavy atom. The van der Waals surface area contributed by atoms with Crippen molar-refractivity contribution in [3.8, 4) is 0 Å². The summed E-state index contributed by atoms with van der Waals surface area (Å²) >= 11 is 1.81. The minimum atomic E-state index is 0.640. The lowest BCUT2D eigenvalue weighted by Gasteiger charge is -2.02. The van der Waals surface area contributed by atoms with E-state index in [1.54, 1.807) is 0 Å². The molecule has 0 aliphatic rings. The van der Waals surface area contributed by atoms with Crippen LogP contribution in [0.25, 0.3) is 0 Å². The van der Waals surface area contributed by atoms with Gasteiger partial charge >= 0.3 is 0 Å². The smallest absolute Gasteiger partial charge is 0.0931 e. The molecule has 1 rings (SSSR count). The molecule has 0 bridgehead atoms. The molecule has 0 aliphatic carbocycles. The largest absolute Gasteiger partial charge is 0.326 e. The summed E-state index contributed by atoms with van der Waals surface area (Å²) in [5.41, 5.74) is 7.00. The summed E-state index contributed by atoms with van der Waals surface area (Å²) in [6.07, 6.45) is 3.39. The number of aromatic nitrogens is 1. The van der Waals surface area contributed by atoms with Crippen molar-refractivity contribution in [1.82, 2.24) is 4.98 Å². The highest BCUT2D eigenvalue weighted by molar-refractivity contribution is 7.11. The lowest BCUT2D eigenvalue weighted by Crippen LogP contribution is -2.02. The molecular formula is C13H24N2S. The highest BCUT2D eigenvalue weighted by atomic mass is 32.1. The topological polar surface area (TPSA) is 38.9 Å². The van der Waals surface area contributed by atoms with Crippen LogP contribution in [0.1, 0.15) is 49.7 Å². The lowest BCUT2D eigenvalue weighted by atomic mass is 10.1. The molecule has 0 radical (unpaired) electrons. The number of aryl methyl sites for hydroxylation is 1. The van der Waals surface area contributed by atoms with Crippen LogP contribution >= 0.6 is 11.3 Å². The van der Waals surface area contributed by atoms with Gasteiger partial charge in [0.1, 0.15) is 0 Å². The monoisotopic (exact) mass is 240 g/mol. The van der Waals surface area contributed by atoms with E-state index in [4.69, 9.17) is 10.7 Å². The first kappa shape index (κ1) is 13.7. The molecular weight excluding hydrogens is 216 g/mol. The molecule has 0 saturated carbocycles. The summed E-state index contributed by atoms with van der Waals surface area (Å²) < 4.78 is 0. The SMILES string of the molecule is CC(C)CCc1nc(CC(C)C)c(CN)s1. The van der Waals surface area contributed by atoms with Crippen LogP contribution in [0, 0.1) is 11.8 Å². The number of rotatable bonds is 6. The third-order valence-electron chi connectivity index (χ3n) is 2.55. The van der Waals surface area contributed by atoms with Gasteiger partial charge in [0.05, 0.1) is 10.7 Å². The first-order chi connectivity index (χ1) is 7.52. The van der Waals surface area contributed by atoms with Crippen LogP contribution in [0.3, 0.4) is 0 Å². The minimum absolute atomic E-state index is 0.640. The average molecular weight is 240 g/mol. The Morgan fingerprint density at radius 1 is 1.19 bits per heavy atom. The molecule has 0 fully saturated rings. The van der Waals surface area contributed by atoms with Gasteiger partial charge in [0.15, 0.2) is 0 Å². The van der Waals surface area contributed by atoms with Gasteiger partial charge < -0.3 is 5.73 Å². The van der Waals surface area contributed by atoms with E-state index in [0.717, 1.165) is 18.8 Å². The summed E-state index contributed by atoms with van der Waals surface area (Å²) in [5.74, 6) is 1.41. The maximum absolute atomic E-state index is 5.77. The molecule has 0 amide bonds. The van der Waals surface area contributed by atoms with E-state index in [0.29, 0.717) is 12.5 Å². The van der Waals surface area contributed by atoms with Crippen LogP contribution in [0.5, 0.6) is 0 Å². The van der Waals surface area contributed by atoms with E-state index in [-0.39, 0.29) is 0 Å². The quantitative estimate of drug-likeness (QED) is 0.828.